The molecule has 0 aliphatic carbocycles. The molecule has 3 rings (SSSR count). The number of carbonyl (C=O) groups excluding carboxylic acids is 1. The van der Waals surface area contributed by atoms with Crippen LogP contribution in [0.1, 0.15) is 49.7 Å². The smallest absolute Gasteiger partial charge is 0.251 e. The van der Waals surface area contributed by atoms with Crippen LogP contribution in [0.5, 0.6) is 0 Å². The van der Waals surface area contributed by atoms with Crippen LogP contribution in [-0.4, -0.2) is 51.4 Å². The highest BCUT2D eigenvalue weighted by atomic mass is 32.2. The van der Waals surface area contributed by atoms with Gasteiger partial charge in [0, 0.05) is 29.9 Å². The first-order chi connectivity index (χ1) is 15.0. The van der Waals surface area contributed by atoms with E-state index in [-0.39, 0.29) is 10.8 Å². The summed E-state index contributed by atoms with van der Waals surface area (Å²) in [6, 6.07) is 8.23. The van der Waals surface area contributed by atoms with Crippen LogP contribution in [0.2, 0.25) is 0 Å². The summed E-state index contributed by atoms with van der Waals surface area (Å²) in [5.41, 5.74) is 0.180. The van der Waals surface area contributed by atoms with Crippen molar-refractivity contribution in [3.8, 4) is 0 Å². The number of nitrogens with zero attached hydrogens (tertiary/aromatic N) is 1. The summed E-state index contributed by atoms with van der Waals surface area (Å²) >= 11 is 0. The highest BCUT2D eigenvalue weighted by Gasteiger charge is 2.24. The minimum Gasteiger partial charge on any atom is -0.467 e. The number of benzene rings is 1. The van der Waals surface area contributed by atoms with Gasteiger partial charge in [0.15, 0.2) is 0 Å². The van der Waals surface area contributed by atoms with Crippen LogP contribution in [0.3, 0.4) is 0 Å². The molecule has 1 atom stereocenters. The van der Waals surface area contributed by atoms with Crippen molar-refractivity contribution in [3.05, 3.63) is 47.9 Å². The van der Waals surface area contributed by atoms with E-state index < -0.39 is 15.6 Å². The molecule has 32 heavy (non-hydrogen) atoms. The van der Waals surface area contributed by atoms with Crippen molar-refractivity contribution < 1.29 is 17.6 Å². The third-order valence-corrected chi connectivity index (χ3v) is 6.98. The van der Waals surface area contributed by atoms with Crippen LogP contribution in [0, 0.1) is 5.92 Å². The zero-order chi connectivity index (χ0) is 23.4. The maximum Gasteiger partial charge on any atom is 0.251 e. The van der Waals surface area contributed by atoms with E-state index in [9.17, 15) is 13.2 Å². The van der Waals surface area contributed by atoms with Gasteiger partial charge in [0.2, 0.25) is 10.0 Å². The van der Waals surface area contributed by atoms with Gasteiger partial charge < -0.3 is 20.0 Å². The monoisotopic (exact) mass is 462 g/mol. The SMILES string of the molecule is CN1CCCC(CNC(=O)c2cc(NCc3ccco3)cc(S(=O)(=O)NC(C)(C)C)c2)C1. The quantitative estimate of drug-likeness (QED) is 0.557. The Bertz CT molecular complexity index is 1010. The summed E-state index contributed by atoms with van der Waals surface area (Å²) in [7, 11) is -1.73. The van der Waals surface area contributed by atoms with Gasteiger partial charge in [-0.25, -0.2) is 13.1 Å². The van der Waals surface area contributed by atoms with Crippen LogP contribution >= 0.6 is 0 Å². The normalized spacial score (nSPS) is 17.8. The fourth-order valence-electron chi connectivity index (χ4n) is 3.83. The molecule has 9 heteroatoms. The summed E-state index contributed by atoms with van der Waals surface area (Å²) in [4.78, 5) is 15.2. The molecule has 1 aliphatic heterocycles. The minimum atomic E-state index is -3.81. The molecule has 1 aliphatic rings. The van der Waals surface area contributed by atoms with E-state index in [1.807, 2.05) is 6.07 Å². The Morgan fingerprint density at radius 3 is 2.69 bits per heavy atom. The maximum atomic E-state index is 13.0. The number of hydrogen-bond acceptors (Lipinski definition) is 6. The Kier molecular flexibility index (Phi) is 7.63. The second-order valence-corrected chi connectivity index (χ2v) is 11.2. The van der Waals surface area contributed by atoms with Crippen LogP contribution in [-0.2, 0) is 16.6 Å². The number of carbonyl (C=O) groups is 1. The summed E-state index contributed by atoms with van der Waals surface area (Å²) in [6.07, 6.45) is 3.77. The second-order valence-electron chi connectivity index (χ2n) is 9.52. The lowest BCUT2D eigenvalue weighted by Crippen LogP contribution is -2.40. The summed E-state index contributed by atoms with van der Waals surface area (Å²) < 4.78 is 33.9. The van der Waals surface area contributed by atoms with Crippen LogP contribution in [0.4, 0.5) is 5.69 Å². The third-order valence-electron chi connectivity index (χ3n) is 5.24. The lowest BCUT2D eigenvalue weighted by Gasteiger charge is -2.29. The predicted molar refractivity (Wildman–Crippen MR) is 125 cm³/mol. The fraction of sp³-hybridized carbons (Fsp3) is 0.522. The van der Waals surface area contributed by atoms with Crippen LogP contribution < -0.4 is 15.4 Å². The number of sulfonamides is 1. The van der Waals surface area contributed by atoms with Crippen molar-refractivity contribution >= 4 is 21.6 Å². The van der Waals surface area contributed by atoms with Gasteiger partial charge in [-0.1, -0.05) is 0 Å². The van der Waals surface area contributed by atoms with Gasteiger partial charge in [0.05, 0.1) is 17.7 Å². The lowest BCUT2D eigenvalue weighted by molar-refractivity contribution is 0.0936. The Balaban J connectivity index is 1.81. The van der Waals surface area contributed by atoms with E-state index in [1.54, 1.807) is 39.2 Å². The van der Waals surface area contributed by atoms with Gasteiger partial charge in [-0.05, 0) is 83.5 Å². The number of hydrogen-bond donors (Lipinski definition) is 3. The number of piperidine rings is 1. The van der Waals surface area contributed by atoms with Crippen LogP contribution in [0.15, 0.2) is 45.9 Å². The van der Waals surface area contributed by atoms with Gasteiger partial charge in [0.25, 0.3) is 5.91 Å². The number of rotatable bonds is 8. The third kappa shape index (κ3) is 7.08. The summed E-state index contributed by atoms with van der Waals surface area (Å²) in [5.74, 6) is 0.814. The minimum absolute atomic E-state index is 0.0411. The lowest BCUT2D eigenvalue weighted by atomic mass is 9.98. The molecule has 0 spiro atoms. The Morgan fingerprint density at radius 2 is 2.03 bits per heavy atom. The highest BCUT2D eigenvalue weighted by Crippen LogP contribution is 2.22. The van der Waals surface area contributed by atoms with Crippen molar-refractivity contribution in [3.63, 3.8) is 0 Å². The first-order valence-corrected chi connectivity index (χ1v) is 12.4. The largest absolute Gasteiger partial charge is 0.467 e. The molecular weight excluding hydrogens is 428 g/mol. The summed E-state index contributed by atoms with van der Waals surface area (Å²) in [6.45, 7) is 8.29. The molecule has 1 aromatic heterocycles. The Labute approximate surface area is 190 Å². The predicted octanol–water partition coefficient (Wildman–Crippen LogP) is 3.04. The number of nitrogens with one attached hydrogen (secondary N) is 3. The zero-order valence-electron chi connectivity index (χ0n) is 19.3. The van der Waals surface area contributed by atoms with Gasteiger partial charge >= 0.3 is 0 Å². The number of amides is 1. The average Bonchev–Trinajstić information content (AvgIpc) is 3.22. The fourth-order valence-corrected chi connectivity index (χ4v) is 5.32. The average molecular weight is 463 g/mol. The van der Waals surface area contributed by atoms with Gasteiger partial charge in [-0.15, -0.1) is 0 Å². The molecule has 1 aromatic carbocycles. The van der Waals surface area contributed by atoms with Crippen molar-refractivity contribution in [1.82, 2.24) is 14.9 Å². The van der Waals surface area contributed by atoms with E-state index in [1.165, 1.54) is 12.1 Å². The summed E-state index contributed by atoms with van der Waals surface area (Å²) in [5, 5.41) is 6.14. The first kappa shape index (κ1) is 24.3. The van der Waals surface area contributed by atoms with E-state index in [4.69, 9.17) is 4.42 Å². The topological polar surface area (TPSA) is 104 Å². The van der Waals surface area contributed by atoms with Crippen molar-refractivity contribution in [2.45, 2.75) is 50.6 Å². The molecule has 2 heterocycles. The van der Waals surface area contributed by atoms with E-state index in [0.717, 1.165) is 25.9 Å². The molecule has 0 radical (unpaired) electrons. The van der Waals surface area contributed by atoms with Gasteiger partial charge in [-0.3, -0.25) is 4.79 Å². The molecule has 1 saturated heterocycles. The number of anilines is 1. The molecule has 176 valence electrons. The highest BCUT2D eigenvalue weighted by molar-refractivity contribution is 7.89. The van der Waals surface area contributed by atoms with Gasteiger partial charge in [0.1, 0.15) is 5.76 Å². The number of likely N-dealkylation sites (tertiary alicyclic amines) is 1. The van der Waals surface area contributed by atoms with Gasteiger partial charge in [-0.2, -0.15) is 0 Å². The molecule has 1 amide bonds. The van der Waals surface area contributed by atoms with E-state index in [2.05, 4.69) is 27.3 Å². The number of furan rings is 1. The standard InChI is InChI=1S/C23H34N4O4S/c1-23(2,3)26-32(29,30)21-12-18(11-19(13-21)24-15-20-8-6-10-31-20)22(28)25-14-17-7-5-9-27(4)16-17/h6,8,10-13,17,24,26H,5,7,9,14-16H2,1-4H3,(H,25,28). The molecule has 8 nitrogen and oxygen atoms in total. The molecular formula is C23H34N4O4S. The first-order valence-electron chi connectivity index (χ1n) is 10.9. The maximum absolute atomic E-state index is 13.0. The molecule has 0 saturated carbocycles. The second kappa shape index (κ2) is 10.1. The van der Waals surface area contributed by atoms with E-state index in [0.29, 0.717) is 36.0 Å². The van der Waals surface area contributed by atoms with Crippen LogP contribution in [0.25, 0.3) is 0 Å². The molecule has 0 bridgehead atoms. The Morgan fingerprint density at radius 1 is 1.25 bits per heavy atom. The van der Waals surface area contributed by atoms with Crippen molar-refractivity contribution in [2.24, 2.45) is 5.92 Å². The van der Waals surface area contributed by atoms with Crippen molar-refractivity contribution in [2.75, 3.05) is 32.0 Å². The molecule has 1 unspecified atom stereocenters. The Hall–Kier alpha value is -2.36. The molecule has 2 aromatic rings. The molecule has 1 fully saturated rings. The zero-order valence-corrected chi connectivity index (χ0v) is 20.1. The molecule has 3 N–H and O–H groups in total. The van der Waals surface area contributed by atoms with Crippen molar-refractivity contribution in [1.29, 1.82) is 0 Å². The van der Waals surface area contributed by atoms with E-state index >= 15 is 0 Å².